The Bertz CT molecular complexity index is 162. The van der Waals surface area contributed by atoms with E-state index < -0.39 is 0 Å². The van der Waals surface area contributed by atoms with Gasteiger partial charge in [-0.15, -0.1) is 0 Å². The molecule has 1 rings (SSSR count). The van der Waals surface area contributed by atoms with E-state index in [0.717, 1.165) is 22.8 Å². The van der Waals surface area contributed by atoms with Crippen molar-refractivity contribution in [3.05, 3.63) is 0 Å². The molecule has 0 saturated heterocycles. The molecule has 15 heavy (non-hydrogen) atoms. The summed E-state index contributed by atoms with van der Waals surface area (Å²) in [4.78, 5) is 0. The lowest BCUT2D eigenvalue weighted by molar-refractivity contribution is 0.247. The van der Waals surface area contributed by atoms with Crippen LogP contribution in [0.5, 0.6) is 0 Å². The van der Waals surface area contributed by atoms with Crippen molar-refractivity contribution < 1.29 is 0 Å². The third-order valence-electron chi connectivity index (χ3n) is 3.70. The van der Waals surface area contributed by atoms with Crippen molar-refractivity contribution in [2.75, 3.05) is 5.75 Å². The Morgan fingerprint density at radius 3 is 2.27 bits per heavy atom. The zero-order valence-corrected chi connectivity index (χ0v) is 11.4. The van der Waals surface area contributed by atoms with Gasteiger partial charge in [0.25, 0.3) is 0 Å². The summed E-state index contributed by atoms with van der Waals surface area (Å²) in [5, 5.41) is 0.725. The van der Waals surface area contributed by atoms with Gasteiger partial charge in [-0.3, -0.25) is 0 Å². The van der Waals surface area contributed by atoms with Crippen LogP contribution in [0.3, 0.4) is 0 Å². The fourth-order valence-electron chi connectivity index (χ4n) is 2.46. The average Bonchev–Trinajstić information content (AvgIpc) is 2.26. The van der Waals surface area contributed by atoms with Crippen LogP contribution >= 0.6 is 11.8 Å². The van der Waals surface area contributed by atoms with Gasteiger partial charge in [-0.25, -0.2) is 0 Å². The third-order valence-corrected chi connectivity index (χ3v) is 4.94. The van der Waals surface area contributed by atoms with E-state index in [1.807, 2.05) is 11.8 Å². The third kappa shape index (κ3) is 4.78. The van der Waals surface area contributed by atoms with Crippen LogP contribution in [0.4, 0.5) is 0 Å². The zero-order chi connectivity index (χ0) is 11.3. The number of rotatable bonds is 5. The molecule has 1 aliphatic rings. The molecule has 1 atom stereocenters. The van der Waals surface area contributed by atoms with Crippen molar-refractivity contribution in [2.45, 2.75) is 64.2 Å². The Morgan fingerprint density at radius 2 is 1.80 bits per heavy atom. The highest BCUT2D eigenvalue weighted by molar-refractivity contribution is 7.99. The summed E-state index contributed by atoms with van der Waals surface area (Å²) >= 11 is 2.01. The molecule has 0 spiro atoms. The Kier molecular flexibility index (Phi) is 6.06. The van der Waals surface area contributed by atoms with Crippen molar-refractivity contribution >= 4 is 11.8 Å². The second-order valence-corrected chi connectivity index (χ2v) is 6.84. The first-order valence-corrected chi connectivity index (χ1v) is 7.55. The van der Waals surface area contributed by atoms with Gasteiger partial charge in [0.2, 0.25) is 0 Å². The second kappa shape index (κ2) is 6.80. The Hall–Kier alpha value is 0.310. The van der Waals surface area contributed by atoms with Crippen molar-refractivity contribution in [3.63, 3.8) is 0 Å². The number of hydrogen-bond donors (Lipinski definition) is 1. The summed E-state index contributed by atoms with van der Waals surface area (Å²) in [6, 6.07) is 0.440. The number of hydrogen-bond acceptors (Lipinski definition) is 2. The SMILES string of the molecule is CCC1CCC(C(N)CSC(C)C)CC1. The molecular formula is C13H27NS. The fourth-order valence-corrected chi connectivity index (χ4v) is 3.34. The predicted molar refractivity (Wildman–Crippen MR) is 71.3 cm³/mol. The minimum absolute atomic E-state index is 0.440. The molecule has 0 aromatic heterocycles. The normalized spacial score (nSPS) is 29.4. The molecule has 2 heteroatoms. The zero-order valence-electron chi connectivity index (χ0n) is 10.5. The average molecular weight is 229 g/mol. The van der Waals surface area contributed by atoms with Crippen LogP contribution in [0.1, 0.15) is 52.9 Å². The van der Waals surface area contributed by atoms with Crippen LogP contribution in [0.25, 0.3) is 0 Å². The van der Waals surface area contributed by atoms with E-state index in [4.69, 9.17) is 5.73 Å². The van der Waals surface area contributed by atoms with Gasteiger partial charge < -0.3 is 5.73 Å². The van der Waals surface area contributed by atoms with E-state index in [-0.39, 0.29) is 0 Å². The minimum Gasteiger partial charge on any atom is -0.327 e. The first-order chi connectivity index (χ1) is 7.13. The van der Waals surface area contributed by atoms with Gasteiger partial charge in [-0.2, -0.15) is 11.8 Å². The van der Waals surface area contributed by atoms with Crippen molar-refractivity contribution in [1.29, 1.82) is 0 Å². The summed E-state index contributed by atoms with van der Waals surface area (Å²) in [6.45, 7) is 6.83. The first kappa shape index (κ1) is 13.4. The molecule has 0 amide bonds. The molecule has 0 radical (unpaired) electrons. The van der Waals surface area contributed by atoms with E-state index in [1.165, 1.54) is 32.1 Å². The summed E-state index contributed by atoms with van der Waals surface area (Å²) in [6.07, 6.45) is 6.95. The molecular weight excluding hydrogens is 202 g/mol. The molecule has 1 fully saturated rings. The smallest absolute Gasteiger partial charge is 0.0159 e. The van der Waals surface area contributed by atoms with Gasteiger partial charge in [-0.05, 0) is 29.9 Å². The van der Waals surface area contributed by atoms with Crippen molar-refractivity contribution in [1.82, 2.24) is 0 Å². The highest BCUT2D eigenvalue weighted by atomic mass is 32.2. The lowest BCUT2D eigenvalue weighted by Crippen LogP contribution is -2.35. The lowest BCUT2D eigenvalue weighted by Gasteiger charge is -2.31. The van der Waals surface area contributed by atoms with Crippen LogP contribution in [0, 0.1) is 11.8 Å². The molecule has 0 bridgehead atoms. The van der Waals surface area contributed by atoms with Gasteiger partial charge in [0, 0.05) is 11.8 Å². The monoisotopic (exact) mass is 229 g/mol. The Balaban J connectivity index is 2.20. The molecule has 1 unspecified atom stereocenters. The van der Waals surface area contributed by atoms with Crippen molar-refractivity contribution in [2.24, 2.45) is 17.6 Å². The maximum Gasteiger partial charge on any atom is 0.0159 e. The quantitative estimate of drug-likeness (QED) is 0.778. The van der Waals surface area contributed by atoms with E-state index in [2.05, 4.69) is 20.8 Å². The van der Waals surface area contributed by atoms with Gasteiger partial charge >= 0.3 is 0 Å². The second-order valence-electron chi connectivity index (χ2n) is 5.23. The molecule has 1 aliphatic carbocycles. The van der Waals surface area contributed by atoms with Crippen LogP contribution < -0.4 is 5.73 Å². The molecule has 0 aliphatic heterocycles. The van der Waals surface area contributed by atoms with Gasteiger partial charge in [0.15, 0.2) is 0 Å². The maximum absolute atomic E-state index is 6.26. The summed E-state index contributed by atoms with van der Waals surface area (Å²) in [7, 11) is 0. The summed E-state index contributed by atoms with van der Waals surface area (Å²) in [5.74, 6) is 2.95. The van der Waals surface area contributed by atoms with Crippen molar-refractivity contribution in [3.8, 4) is 0 Å². The first-order valence-electron chi connectivity index (χ1n) is 6.50. The van der Waals surface area contributed by atoms with Gasteiger partial charge in [0.1, 0.15) is 0 Å². The summed E-state index contributed by atoms with van der Waals surface area (Å²) < 4.78 is 0. The minimum atomic E-state index is 0.440. The Labute approximate surface area is 99.6 Å². The largest absolute Gasteiger partial charge is 0.327 e. The standard InChI is InChI=1S/C13H27NS/c1-4-11-5-7-12(8-6-11)13(14)9-15-10(2)3/h10-13H,4-9,14H2,1-3H3. The van der Waals surface area contributed by atoms with E-state index in [9.17, 15) is 0 Å². The maximum atomic E-state index is 6.26. The highest BCUT2D eigenvalue weighted by Crippen LogP contribution is 2.32. The molecule has 0 aromatic rings. The topological polar surface area (TPSA) is 26.0 Å². The lowest BCUT2D eigenvalue weighted by atomic mass is 9.78. The Morgan fingerprint density at radius 1 is 1.20 bits per heavy atom. The molecule has 1 saturated carbocycles. The van der Waals surface area contributed by atoms with E-state index in [1.54, 1.807) is 0 Å². The molecule has 0 heterocycles. The molecule has 2 N–H and O–H groups in total. The van der Waals surface area contributed by atoms with E-state index in [0.29, 0.717) is 6.04 Å². The molecule has 0 aromatic carbocycles. The summed E-state index contributed by atoms with van der Waals surface area (Å²) in [5.41, 5.74) is 6.26. The van der Waals surface area contributed by atoms with E-state index >= 15 is 0 Å². The van der Waals surface area contributed by atoms with Crippen LogP contribution in [-0.4, -0.2) is 17.0 Å². The number of thioether (sulfide) groups is 1. The highest BCUT2D eigenvalue weighted by Gasteiger charge is 2.24. The number of nitrogens with two attached hydrogens (primary N) is 1. The molecule has 90 valence electrons. The van der Waals surface area contributed by atoms with Gasteiger partial charge in [0.05, 0.1) is 0 Å². The van der Waals surface area contributed by atoms with Crippen LogP contribution in [-0.2, 0) is 0 Å². The fraction of sp³-hybridized carbons (Fsp3) is 1.00. The van der Waals surface area contributed by atoms with Crippen LogP contribution in [0.2, 0.25) is 0 Å². The predicted octanol–water partition coefficient (Wildman–Crippen LogP) is 3.67. The van der Waals surface area contributed by atoms with Crippen LogP contribution in [0.15, 0.2) is 0 Å². The van der Waals surface area contributed by atoms with Gasteiger partial charge in [-0.1, -0.05) is 40.0 Å². The molecule has 1 nitrogen and oxygen atoms in total.